The maximum absolute atomic E-state index is 12.1. The average Bonchev–Trinajstić information content (AvgIpc) is 2.64. The summed E-state index contributed by atoms with van der Waals surface area (Å²) in [4.78, 5) is 35.8. The molecule has 2 aromatic carbocycles. The number of amides is 2. The van der Waals surface area contributed by atoms with Gasteiger partial charge in [-0.05, 0) is 31.2 Å². The van der Waals surface area contributed by atoms with Gasteiger partial charge in [-0.15, -0.1) is 0 Å². The third-order valence-electron chi connectivity index (χ3n) is 3.37. The van der Waals surface area contributed by atoms with Gasteiger partial charge in [0.15, 0.2) is 6.10 Å². The Bertz CT molecular complexity index is 859. The quantitative estimate of drug-likeness (QED) is 0.538. The Kier molecular flexibility index (Phi) is 7.47. The minimum absolute atomic E-state index is 0.186. The number of halogens is 3. The molecule has 142 valence electrons. The number of ether oxygens (including phenoxy) is 1. The van der Waals surface area contributed by atoms with Crippen LogP contribution in [0.3, 0.4) is 0 Å². The van der Waals surface area contributed by atoms with Crippen molar-refractivity contribution in [3.63, 3.8) is 0 Å². The number of nitrogens with one attached hydrogen (secondary N) is 2. The van der Waals surface area contributed by atoms with Crippen LogP contribution in [0.1, 0.15) is 17.3 Å². The number of carbonyl (C=O) groups excluding carboxylic acids is 3. The fraction of sp³-hybridized carbons (Fsp3) is 0.167. The van der Waals surface area contributed by atoms with Crippen molar-refractivity contribution >= 4 is 58.3 Å². The van der Waals surface area contributed by atoms with E-state index in [4.69, 9.17) is 39.5 Å². The summed E-state index contributed by atoms with van der Waals surface area (Å²) in [6.07, 6.45) is -1.11. The SMILES string of the molecule is CC(OC(=O)CNC(=O)c1ccccc1)C(=O)Nc1cc(Cl)c(Cl)cc1Cl. The lowest BCUT2D eigenvalue weighted by Gasteiger charge is -2.15. The fourth-order valence-electron chi connectivity index (χ4n) is 1.99. The number of hydrogen-bond donors (Lipinski definition) is 2. The molecule has 1 unspecified atom stereocenters. The van der Waals surface area contributed by atoms with E-state index >= 15 is 0 Å². The highest BCUT2D eigenvalue weighted by Crippen LogP contribution is 2.32. The first kappa shape index (κ1) is 21.0. The number of hydrogen-bond acceptors (Lipinski definition) is 4. The van der Waals surface area contributed by atoms with E-state index in [0.29, 0.717) is 5.56 Å². The van der Waals surface area contributed by atoms with Crippen molar-refractivity contribution in [3.05, 3.63) is 63.1 Å². The molecule has 0 heterocycles. The van der Waals surface area contributed by atoms with Gasteiger partial charge in [0.25, 0.3) is 11.8 Å². The van der Waals surface area contributed by atoms with Crippen LogP contribution >= 0.6 is 34.8 Å². The van der Waals surface area contributed by atoms with Crippen LogP contribution in [-0.2, 0) is 14.3 Å². The predicted molar refractivity (Wildman–Crippen MR) is 104 cm³/mol. The minimum Gasteiger partial charge on any atom is -0.451 e. The molecule has 1 atom stereocenters. The van der Waals surface area contributed by atoms with Gasteiger partial charge in [-0.3, -0.25) is 14.4 Å². The Hall–Kier alpha value is -2.28. The van der Waals surface area contributed by atoms with Crippen LogP contribution < -0.4 is 10.6 Å². The molecule has 0 aliphatic rings. The molecule has 2 N–H and O–H groups in total. The molecular weight excluding hydrogens is 415 g/mol. The second-order valence-electron chi connectivity index (χ2n) is 5.42. The summed E-state index contributed by atoms with van der Waals surface area (Å²) in [5, 5.41) is 5.56. The fourth-order valence-corrected chi connectivity index (χ4v) is 2.58. The molecule has 2 aromatic rings. The Morgan fingerprint density at radius 3 is 2.30 bits per heavy atom. The Balaban J connectivity index is 1.86. The minimum atomic E-state index is -1.11. The third-order valence-corrected chi connectivity index (χ3v) is 4.41. The van der Waals surface area contributed by atoms with E-state index in [1.54, 1.807) is 30.3 Å². The van der Waals surface area contributed by atoms with E-state index in [1.807, 2.05) is 0 Å². The summed E-state index contributed by atoms with van der Waals surface area (Å²) >= 11 is 17.7. The topological polar surface area (TPSA) is 84.5 Å². The van der Waals surface area contributed by atoms with Crippen molar-refractivity contribution in [3.8, 4) is 0 Å². The molecule has 6 nitrogen and oxygen atoms in total. The predicted octanol–water partition coefficient (Wildman–Crippen LogP) is 3.95. The highest BCUT2D eigenvalue weighted by Gasteiger charge is 2.20. The van der Waals surface area contributed by atoms with Crippen molar-refractivity contribution in [2.75, 3.05) is 11.9 Å². The maximum atomic E-state index is 12.1. The van der Waals surface area contributed by atoms with E-state index in [9.17, 15) is 14.4 Å². The van der Waals surface area contributed by atoms with Crippen molar-refractivity contribution in [1.29, 1.82) is 0 Å². The lowest BCUT2D eigenvalue weighted by Crippen LogP contribution is -2.35. The molecule has 0 radical (unpaired) electrons. The molecule has 0 fully saturated rings. The summed E-state index contributed by atoms with van der Waals surface area (Å²) in [5.41, 5.74) is 0.640. The average molecular weight is 430 g/mol. The Morgan fingerprint density at radius 2 is 1.63 bits per heavy atom. The van der Waals surface area contributed by atoms with Crippen molar-refractivity contribution < 1.29 is 19.1 Å². The first-order valence-corrected chi connectivity index (χ1v) is 8.89. The third kappa shape index (κ3) is 6.13. The summed E-state index contributed by atoms with van der Waals surface area (Å²) in [6.45, 7) is 1.01. The second kappa shape index (κ2) is 9.60. The lowest BCUT2D eigenvalue weighted by atomic mass is 10.2. The van der Waals surface area contributed by atoms with Crippen LogP contribution in [0.4, 0.5) is 5.69 Å². The monoisotopic (exact) mass is 428 g/mol. The van der Waals surface area contributed by atoms with Gasteiger partial charge in [-0.2, -0.15) is 0 Å². The smallest absolute Gasteiger partial charge is 0.326 e. The van der Waals surface area contributed by atoms with Crippen LogP contribution in [0.25, 0.3) is 0 Å². The van der Waals surface area contributed by atoms with Crippen LogP contribution in [0.15, 0.2) is 42.5 Å². The summed E-state index contributed by atoms with van der Waals surface area (Å²) < 4.78 is 5.00. The Morgan fingerprint density at radius 1 is 1.00 bits per heavy atom. The van der Waals surface area contributed by atoms with Gasteiger partial charge < -0.3 is 15.4 Å². The second-order valence-corrected chi connectivity index (χ2v) is 6.64. The number of benzene rings is 2. The number of rotatable bonds is 6. The molecule has 9 heteroatoms. The first-order chi connectivity index (χ1) is 12.8. The van der Waals surface area contributed by atoms with Crippen molar-refractivity contribution in [2.45, 2.75) is 13.0 Å². The van der Waals surface area contributed by atoms with Gasteiger partial charge in [0.2, 0.25) is 0 Å². The molecule has 2 rings (SSSR count). The zero-order valence-corrected chi connectivity index (χ0v) is 16.4. The van der Waals surface area contributed by atoms with E-state index in [0.717, 1.165) is 0 Å². The molecule has 0 saturated carbocycles. The lowest BCUT2D eigenvalue weighted by molar-refractivity contribution is -0.152. The maximum Gasteiger partial charge on any atom is 0.326 e. The van der Waals surface area contributed by atoms with E-state index in [1.165, 1.54) is 19.1 Å². The molecule has 0 aliphatic heterocycles. The van der Waals surface area contributed by atoms with Crippen LogP contribution in [-0.4, -0.2) is 30.4 Å². The van der Waals surface area contributed by atoms with E-state index < -0.39 is 23.9 Å². The number of carbonyl (C=O) groups is 3. The van der Waals surface area contributed by atoms with Gasteiger partial charge in [-0.25, -0.2) is 0 Å². The zero-order chi connectivity index (χ0) is 20.0. The summed E-state index contributed by atoms with van der Waals surface area (Å²) in [7, 11) is 0. The summed E-state index contributed by atoms with van der Waals surface area (Å²) in [5.74, 6) is -1.80. The molecule has 0 saturated heterocycles. The van der Waals surface area contributed by atoms with Crippen molar-refractivity contribution in [2.24, 2.45) is 0 Å². The molecule has 27 heavy (non-hydrogen) atoms. The van der Waals surface area contributed by atoms with E-state index in [-0.39, 0.29) is 27.3 Å². The van der Waals surface area contributed by atoms with E-state index in [2.05, 4.69) is 10.6 Å². The number of anilines is 1. The molecule has 0 aliphatic carbocycles. The molecule has 2 amide bonds. The van der Waals surface area contributed by atoms with Crippen LogP contribution in [0.5, 0.6) is 0 Å². The van der Waals surface area contributed by atoms with Gasteiger partial charge in [-0.1, -0.05) is 53.0 Å². The first-order valence-electron chi connectivity index (χ1n) is 7.76. The normalized spacial score (nSPS) is 11.4. The standard InChI is InChI=1S/C18H15Cl3N2O4/c1-10(17(25)23-15-8-13(20)12(19)7-14(15)21)27-16(24)9-22-18(26)11-5-3-2-4-6-11/h2-8,10H,9H2,1H3,(H,22,26)(H,23,25). The van der Waals surface area contributed by atoms with Gasteiger partial charge in [0.05, 0.1) is 20.8 Å². The molecule has 0 spiro atoms. The molecular formula is C18H15Cl3N2O4. The summed E-state index contributed by atoms with van der Waals surface area (Å²) in [6, 6.07) is 11.2. The largest absolute Gasteiger partial charge is 0.451 e. The molecule has 0 bridgehead atoms. The van der Waals surface area contributed by atoms with Gasteiger partial charge in [0.1, 0.15) is 6.54 Å². The zero-order valence-electron chi connectivity index (χ0n) is 14.1. The van der Waals surface area contributed by atoms with Crippen molar-refractivity contribution in [1.82, 2.24) is 5.32 Å². The number of esters is 1. The highest BCUT2D eigenvalue weighted by atomic mass is 35.5. The van der Waals surface area contributed by atoms with Gasteiger partial charge in [0, 0.05) is 5.56 Å². The van der Waals surface area contributed by atoms with Crippen LogP contribution in [0.2, 0.25) is 15.1 Å². The highest BCUT2D eigenvalue weighted by molar-refractivity contribution is 6.44. The van der Waals surface area contributed by atoms with Gasteiger partial charge >= 0.3 is 5.97 Å². The molecule has 0 aromatic heterocycles. The van der Waals surface area contributed by atoms with Crippen LogP contribution in [0, 0.1) is 0 Å². The Labute approximate surface area is 170 Å².